The van der Waals surface area contributed by atoms with Crippen molar-refractivity contribution >= 4 is 17.6 Å². The molecule has 226 valence electrons. The van der Waals surface area contributed by atoms with E-state index in [4.69, 9.17) is 18.6 Å². The fourth-order valence-electron chi connectivity index (χ4n) is 4.86. The molecule has 0 spiro atoms. The summed E-state index contributed by atoms with van der Waals surface area (Å²) in [5.41, 5.74) is 2.68. The molecule has 0 radical (unpaired) electrons. The number of nitrogens with one attached hydrogen (secondary N) is 1. The molecule has 1 aliphatic rings. The normalized spacial score (nSPS) is 13.4. The molecule has 1 N–H and O–H groups in total. The molecule has 2 aromatic carbocycles. The zero-order valence-electron chi connectivity index (χ0n) is 25.1. The highest BCUT2D eigenvalue weighted by Gasteiger charge is 2.24. The van der Waals surface area contributed by atoms with Gasteiger partial charge in [0.1, 0.15) is 18.1 Å². The molecule has 1 fully saturated rings. The molecule has 4 rings (SSSR count). The number of anilines is 1. The monoisotopic (exact) mass is 578 g/mol. The van der Waals surface area contributed by atoms with E-state index in [1.807, 2.05) is 68.4 Å². The minimum absolute atomic E-state index is 0.0618. The van der Waals surface area contributed by atoms with Gasteiger partial charge < -0.3 is 33.7 Å². The van der Waals surface area contributed by atoms with E-state index in [0.717, 1.165) is 35.7 Å². The van der Waals surface area contributed by atoms with Gasteiger partial charge in [0.2, 0.25) is 5.91 Å². The van der Waals surface area contributed by atoms with Crippen LogP contribution in [0.15, 0.2) is 59.0 Å². The average Bonchev–Trinajstić information content (AvgIpc) is 3.42. The van der Waals surface area contributed by atoms with Gasteiger partial charge in [-0.05, 0) is 61.7 Å². The molecule has 10 heteroatoms. The van der Waals surface area contributed by atoms with Gasteiger partial charge in [-0.3, -0.25) is 9.69 Å². The summed E-state index contributed by atoms with van der Waals surface area (Å²) < 4.78 is 22.1. The topological polar surface area (TPSA) is 96.7 Å². The first-order valence-electron chi connectivity index (χ1n) is 14.3. The number of rotatable bonds is 13. The van der Waals surface area contributed by atoms with E-state index in [0.29, 0.717) is 63.1 Å². The van der Waals surface area contributed by atoms with Crippen LogP contribution in [-0.2, 0) is 22.5 Å². The predicted molar refractivity (Wildman–Crippen MR) is 161 cm³/mol. The molecule has 42 heavy (non-hydrogen) atoms. The van der Waals surface area contributed by atoms with Crippen LogP contribution in [0.1, 0.15) is 22.6 Å². The Morgan fingerprint density at radius 2 is 1.69 bits per heavy atom. The Labute approximate surface area is 248 Å². The molecule has 1 aromatic heterocycles. The fourth-order valence-corrected chi connectivity index (χ4v) is 4.86. The van der Waals surface area contributed by atoms with E-state index in [-0.39, 0.29) is 18.5 Å². The van der Waals surface area contributed by atoms with Crippen molar-refractivity contribution < 1.29 is 28.2 Å². The van der Waals surface area contributed by atoms with E-state index in [9.17, 15) is 9.59 Å². The summed E-state index contributed by atoms with van der Waals surface area (Å²) in [6.45, 7) is 8.50. The first-order valence-corrected chi connectivity index (χ1v) is 14.3. The summed E-state index contributed by atoms with van der Waals surface area (Å²) in [5, 5.41) is 3.01. The van der Waals surface area contributed by atoms with Gasteiger partial charge in [0.15, 0.2) is 11.5 Å². The zero-order valence-corrected chi connectivity index (χ0v) is 25.1. The quantitative estimate of drug-likeness (QED) is 0.322. The number of hydrogen-bond acceptors (Lipinski definition) is 7. The number of benzene rings is 2. The molecule has 2 heterocycles. The van der Waals surface area contributed by atoms with Crippen LogP contribution in [-0.4, -0.2) is 93.3 Å². The van der Waals surface area contributed by atoms with Gasteiger partial charge in [-0.15, -0.1) is 0 Å². The second-order valence-corrected chi connectivity index (χ2v) is 10.4. The van der Waals surface area contributed by atoms with Crippen LogP contribution in [0.25, 0.3) is 0 Å². The summed E-state index contributed by atoms with van der Waals surface area (Å²) in [6, 6.07) is 16.8. The van der Waals surface area contributed by atoms with E-state index in [1.54, 1.807) is 24.0 Å². The number of para-hydroxylation sites is 1. The van der Waals surface area contributed by atoms with E-state index < -0.39 is 0 Å². The molecule has 10 nitrogen and oxygen atoms in total. The fraction of sp³-hybridized carbons (Fsp3) is 0.438. The number of nitrogens with zero attached hydrogens (tertiary/aromatic N) is 3. The Hall–Kier alpha value is -4.02. The number of ether oxygens (including phenoxy) is 3. The second-order valence-electron chi connectivity index (χ2n) is 10.4. The highest BCUT2D eigenvalue weighted by atomic mass is 16.5. The van der Waals surface area contributed by atoms with Crippen molar-refractivity contribution in [3.05, 3.63) is 77.2 Å². The molecule has 0 saturated carbocycles. The number of morpholine rings is 1. The predicted octanol–water partition coefficient (Wildman–Crippen LogP) is 4.35. The SMILES string of the molecule is COc1ccc(CCN(Cc2ccc(C)o2)C(=O)CN(CCN2CCOCC2)C(=O)Nc2ccccc2C)cc1OC. The number of urea groups is 1. The number of furan rings is 1. The van der Waals surface area contributed by atoms with Crippen LogP contribution in [0.4, 0.5) is 10.5 Å². The minimum atomic E-state index is -0.306. The smallest absolute Gasteiger partial charge is 0.322 e. The van der Waals surface area contributed by atoms with Crippen LogP contribution in [0, 0.1) is 13.8 Å². The highest BCUT2D eigenvalue weighted by Crippen LogP contribution is 2.28. The molecule has 0 aliphatic carbocycles. The van der Waals surface area contributed by atoms with E-state index in [1.165, 1.54) is 0 Å². The van der Waals surface area contributed by atoms with Crippen molar-refractivity contribution in [1.82, 2.24) is 14.7 Å². The number of aryl methyl sites for hydroxylation is 2. The van der Waals surface area contributed by atoms with Crippen molar-refractivity contribution in [2.24, 2.45) is 0 Å². The standard InChI is InChI=1S/C32H42N4O6/c1-24-7-5-6-8-28(24)33-32(38)36(16-15-34-17-19-41-20-18-34)23-31(37)35(22-27-11-9-25(2)42-27)14-13-26-10-12-29(39-3)30(21-26)40-4/h5-12,21H,13-20,22-23H2,1-4H3,(H,33,38). The number of hydrogen-bond donors (Lipinski definition) is 1. The molecule has 3 amide bonds. The molecular weight excluding hydrogens is 536 g/mol. The first-order chi connectivity index (χ1) is 20.4. The van der Waals surface area contributed by atoms with Gasteiger partial charge >= 0.3 is 6.03 Å². The van der Waals surface area contributed by atoms with Gasteiger partial charge in [0, 0.05) is 38.4 Å². The van der Waals surface area contributed by atoms with E-state index in [2.05, 4.69) is 10.2 Å². The molecule has 0 bridgehead atoms. The summed E-state index contributed by atoms with van der Waals surface area (Å²) in [7, 11) is 3.20. The van der Waals surface area contributed by atoms with Gasteiger partial charge in [-0.25, -0.2) is 4.79 Å². The minimum Gasteiger partial charge on any atom is -0.493 e. The average molecular weight is 579 g/mol. The zero-order chi connectivity index (χ0) is 29.9. The van der Waals surface area contributed by atoms with Gasteiger partial charge in [0.05, 0.1) is 34.0 Å². The lowest BCUT2D eigenvalue weighted by Crippen LogP contribution is -2.48. The van der Waals surface area contributed by atoms with Crippen molar-refractivity contribution in [1.29, 1.82) is 0 Å². The number of carbonyl (C=O) groups is 2. The van der Waals surface area contributed by atoms with Crippen LogP contribution in [0.2, 0.25) is 0 Å². The molecule has 0 atom stereocenters. The number of amides is 3. The molecule has 1 aliphatic heterocycles. The summed E-state index contributed by atoms with van der Waals surface area (Å²) in [6.07, 6.45) is 0.592. The third-order valence-corrected chi connectivity index (χ3v) is 7.40. The Morgan fingerprint density at radius 1 is 0.929 bits per heavy atom. The van der Waals surface area contributed by atoms with Gasteiger partial charge in [-0.2, -0.15) is 0 Å². The van der Waals surface area contributed by atoms with Gasteiger partial charge in [-0.1, -0.05) is 24.3 Å². The Bertz CT molecular complexity index is 1320. The Kier molecular flexibility index (Phi) is 11.2. The van der Waals surface area contributed by atoms with Gasteiger partial charge in [0.25, 0.3) is 0 Å². The third-order valence-electron chi connectivity index (χ3n) is 7.40. The van der Waals surface area contributed by atoms with Crippen molar-refractivity contribution in [3.8, 4) is 11.5 Å². The van der Waals surface area contributed by atoms with E-state index >= 15 is 0 Å². The molecule has 3 aromatic rings. The Morgan fingerprint density at radius 3 is 2.38 bits per heavy atom. The lowest BCUT2D eigenvalue weighted by molar-refractivity contribution is -0.132. The second kappa shape index (κ2) is 15.3. The number of carbonyl (C=O) groups excluding carboxylic acids is 2. The summed E-state index contributed by atoms with van der Waals surface area (Å²) in [4.78, 5) is 33.0. The van der Waals surface area contributed by atoms with Crippen molar-refractivity contribution in [3.63, 3.8) is 0 Å². The maximum Gasteiger partial charge on any atom is 0.322 e. The summed E-state index contributed by atoms with van der Waals surface area (Å²) >= 11 is 0. The van der Waals surface area contributed by atoms with Crippen molar-refractivity contribution in [2.45, 2.75) is 26.8 Å². The highest BCUT2D eigenvalue weighted by molar-refractivity contribution is 5.93. The lowest BCUT2D eigenvalue weighted by Gasteiger charge is -2.31. The lowest BCUT2D eigenvalue weighted by atomic mass is 10.1. The maximum atomic E-state index is 13.9. The molecule has 0 unspecified atom stereocenters. The number of methoxy groups -OCH3 is 2. The van der Waals surface area contributed by atoms with Crippen LogP contribution in [0.3, 0.4) is 0 Å². The van der Waals surface area contributed by atoms with Crippen LogP contribution >= 0.6 is 0 Å². The molecular formula is C32H42N4O6. The Balaban J connectivity index is 1.50. The third kappa shape index (κ3) is 8.74. The largest absolute Gasteiger partial charge is 0.493 e. The van der Waals surface area contributed by atoms with Crippen LogP contribution in [0.5, 0.6) is 11.5 Å². The van der Waals surface area contributed by atoms with Crippen molar-refractivity contribution in [2.75, 3.05) is 72.0 Å². The maximum absolute atomic E-state index is 13.9. The first kappa shape index (κ1) is 30.9. The van der Waals surface area contributed by atoms with Crippen LogP contribution < -0.4 is 14.8 Å². The summed E-state index contributed by atoms with van der Waals surface area (Å²) in [5.74, 6) is 2.60. The molecule has 1 saturated heterocycles.